The smallest absolute Gasteiger partial charge is 0.254 e. The number of hydrogen-bond donors (Lipinski definition) is 0. The van der Waals surface area contributed by atoms with Crippen molar-refractivity contribution in [3.05, 3.63) is 12.2 Å². The lowest BCUT2D eigenvalue weighted by Crippen LogP contribution is -2.48. The molecule has 1 rings (SSSR count). The van der Waals surface area contributed by atoms with Crippen molar-refractivity contribution in [2.24, 2.45) is 0 Å². The van der Waals surface area contributed by atoms with E-state index in [4.69, 9.17) is 16.3 Å². The Labute approximate surface area is 123 Å². The molecule has 0 N–H and O–H groups in total. The minimum Gasteiger partial charge on any atom is -0.375 e. The van der Waals surface area contributed by atoms with Crippen LogP contribution < -0.4 is 0 Å². The number of ether oxygens (including phenoxy) is 1. The summed E-state index contributed by atoms with van der Waals surface area (Å²) >= 11 is 5.35. The average Bonchev–Trinajstić information content (AvgIpc) is 2.55. The number of carbonyl (C=O) groups is 3. The van der Waals surface area contributed by atoms with E-state index in [0.29, 0.717) is 13.0 Å². The van der Waals surface area contributed by atoms with Crippen LogP contribution in [0, 0.1) is 0 Å². The topological polar surface area (TPSA) is 63.7 Å². The van der Waals surface area contributed by atoms with Crippen LogP contribution in [0.3, 0.4) is 0 Å². The van der Waals surface area contributed by atoms with E-state index in [1.54, 1.807) is 27.7 Å². The second-order valence-corrected chi connectivity index (χ2v) is 6.47. The van der Waals surface area contributed by atoms with Crippen molar-refractivity contribution in [1.29, 1.82) is 0 Å². The first-order valence-corrected chi connectivity index (χ1v) is 6.81. The molecule has 6 heteroatoms. The summed E-state index contributed by atoms with van der Waals surface area (Å²) in [5, 5.41) is -0.455. The van der Waals surface area contributed by atoms with Crippen LogP contribution in [-0.2, 0) is 19.1 Å². The third-order valence-corrected chi connectivity index (χ3v) is 3.32. The first-order chi connectivity index (χ1) is 9.05. The van der Waals surface area contributed by atoms with Gasteiger partial charge in [-0.3, -0.25) is 19.3 Å². The summed E-state index contributed by atoms with van der Waals surface area (Å²) in [5.41, 5.74) is -1.30. The van der Waals surface area contributed by atoms with E-state index in [9.17, 15) is 14.4 Å². The lowest BCUT2D eigenvalue weighted by Gasteiger charge is -2.35. The predicted molar refractivity (Wildman–Crippen MR) is 75.2 cm³/mol. The van der Waals surface area contributed by atoms with Gasteiger partial charge in [-0.2, -0.15) is 0 Å². The van der Waals surface area contributed by atoms with Gasteiger partial charge in [-0.25, -0.2) is 0 Å². The lowest BCUT2D eigenvalue weighted by atomic mass is 9.98. The van der Waals surface area contributed by atoms with Crippen LogP contribution in [0.25, 0.3) is 0 Å². The molecule has 0 atom stereocenters. The number of hydrogen-bond acceptors (Lipinski definition) is 4. The first-order valence-electron chi connectivity index (χ1n) is 6.44. The molecule has 1 aliphatic rings. The largest absolute Gasteiger partial charge is 0.375 e. The zero-order valence-electron chi connectivity index (χ0n) is 12.2. The molecule has 0 aromatic carbocycles. The van der Waals surface area contributed by atoms with Gasteiger partial charge < -0.3 is 4.74 Å². The predicted octanol–water partition coefficient (Wildman–Crippen LogP) is 2.03. The van der Waals surface area contributed by atoms with Gasteiger partial charge in [0, 0.05) is 24.3 Å². The third kappa shape index (κ3) is 4.42. The van der Waals surface area contributed by atoms with E-state index < -0.39 is 16.4 Å². The van der Waals surface area contributed by atoms with E-state index in [0.717, 1.165) is 0 Å². The molecule has 0 saturated carbocycles. The normalized spacial score (nSPS) is 16.1. The number of halogens is 1. The second kappa shape index (κ2) is 6.06. The number of nitrogens with zero attached hydrogens (tertiary/aromatic N) is 1. The van der Waals surface area contributed by atoms with E-state index in [1.165, 1.54) is 17.1 Å². The molecule has 112 valence electrons. The zero-order chi connectivity index (χ0) is 15.6. The molecule has 1 heterocycles. The van der Waals surface area contributed by atoms with Crippen molar-refractivity contribution in [2.45, 2.75) is 51.7 Å². The fourth-order valence-corrected chi connectivity index (χ4v) is 2.39. The Morgan fingerprint density at radius 1 is 1.20 bits per heavy atom. The molecule has 0 aliphatic carbocycles. The summed E-state index contributed by atoms with van der Waals surface area (Å²) in [7, 11) is 0. The highest BCUT2D eigenvalue weighted by molar-refractivity contribution is 6.63. The van der Waals surface area contributed by atoms with Gasteiger partial charge >= 0.3 is 0 Å². The Morgan fingerprint density at radius 2 is 1.70 bits per heavy atom. The molecule has 0 fully saturated rings. The van der Waals surface area contributed by atoms with Gasteiger partial charge in [0.2, 0.25) is 5.24 Å². The van der Waals surface area contributed by atoms with Crippen LogP contribution in [0.4, 0.5) is 0 Å². The quantitative estimate of drug-likeness (QED) is 0.533. The first kappa shape index (κ1) is 16.9. The van der Waals surface area contributed by atoms with Gasteiger partial charge in [0.1, 0.15) is 0 Å². The summed E-state index contributed by atoms with van der Waals surface area (Å²) in [5.74, 6) is -0.620. The minimum atomic E-state index is -0.661. The highest BCUT2D eigenvalue weighted by Gasteiger charge is 2.37. The molecule has 0 radical (unpaired) electrons. The molecule has 0 aromatic rings. The Bertz CT molecular complexity index is 436. The minimum absolute atomic E-state index is 0.109. The van der Waals surface area contributed by atoms with Gasteiger partial charge in [0.25, 0.3) is 11.8 Å². The Kier molecular flexibility index (Phi) is 5.10. The monoisotopic (exact) mass is 301 g/mol. The molecule has 0 spiro atoms. The zero-order valence-corrected chi connectivity index (χ0v) is 13.0. The van der Waals surface area contributed by atoms with Crippen LogP contribution >= 0.6 is 11.6 Å². The number of rotatable bonds is 7. The van der Waals surface area contributed by atoms with Gasteiger partial charge in [0.05, 0.1) is 12.0 Å². The van der Waals surface area contributed by atoms with Crippen molar-refractivity contribution in [3.63, 3.8) is 0 Å². The maximum atomic E-state index is 11.7. The Morgan fingerprint density at radius 3 is 2.15 bits per heavy atom. The summed E-state index contributed by atoms with van der Waals surface area (Å²) < 4.78 is 5.63. The van der Waals surface area contributed by atoms with Gasteiger partial charge in [0.15, 0.2) is 0 Å². The lowest BCUT2D eigenvalue weighted by molar-refractivity contribution is -0.143. The number of amides is 2. The third-order valence-electron chi connectivity index (χ3n) is 3.19. The molecule has 2 amide bonds. The standard InChI is InChI=1S/C14H20ClNO4/c1-13(2,16-11(18)5-6-12(16)19)7-8-20-14(3,4)9-10(15)17/h5-6H,7-9H2,1-4H3. The molecule has 0 bridgehead atoms. The molecule has 5 nitrogen and oxygen atoms in total. The molecule has 0 unspecified atom stereocenters. The van der Waals surface area contributed by atoms with Gasteiger partial charge in [-0.05, 0) is 45.7 Å². The van der Waals surface area contributed by atoms with Gasteiger partial charge in [-0.1, -0.05) is 0 Å². The van der Waals surface area contributed by atoms with Crippen LogP contribution in [0.5, 0.6) is 0 Å². The van der Waals surface area contributed by atoms with Crippen LogP contribution in [0.1, 0.15) is 40.5 Å². The molecule has 1 aliphatic heterocycles. The number of carbonyl (C=O) groups excluding carboxylic acids is 3. The maximum absolute atomic E-state index is 11.7. The molecular formula is C14H20ClNO4. The second-order valence-electron chi connectivity index (χ2n) is 6.05. The summed E-state index contributed by atoms with van der Waals surface area (Å²) in [4.78, 5) is 35.4. The van der Waals surface area contributed by atoms with E-state index in [-0.39, 0.29) is 18.2 Å². The van der Waals surface area contributed by atoms with E-state index in [2.05, 4.69) is 0 Å². The maximum Gasteiger partial charge on any atom is 0.254 e. The average molecular weight is 302 g/mol. The Hall–Kier alpha value is -1.20. The molecule has 20 heavy (non-hydrogen) atoms. The Balaban J connectivity index is 2.54. The van der Waals surface area contributed by atoms with Crippen molar-refractivity contribution in [2.75, 3.05) is 6.61 Å². The van der Waals surface area contributed by atoms with Crippen LogP contribution in [-0.4, -0.2) is 39.7 Å². The van der Waals surface area contributed by atoms with Gasteiger partial charge in [-0.15, -0.1) is 0 Å². The van der Waals surface area contributed by atoms with Crippen molar-refractivity contribution >= 4 is 28.7 Å². The molecule has 0 saturated heterocycles. The van der Waals surface area contributed by atoms with E-state index in [1.807, 2.05) is 0 Å². The van der Waals surface area contributed by atoms with Crippen LogP contribution in [0.2, 0.25) is 0 Å². The fourth-order valence-electron chi connectivity index (χ4n) is 2.07. The molecular weight excluding hydrogens is 282 g/mol. The summed E-state index contributed by atoms with van der Waals surface area (Å²) in [6.45, 7) is 7.47. The fraction of sp³-hybridized carbons (Fsp3) is 0.643. The summed E-state index contributed by atoms with van der Waals surface area (Å²) in [6, 6.07) is 0. The summed E-state index contributed by atoms with van der Waals surface area (Å²) in [6.07, 6.45) is 3.12. The SMILES string of the molecule is CC(C)(CC(=O)Cl)OCCC(C)(C)N1C(=O)C=CC1=O. The number of imide groups is 1. The molecule has 0 aromatic heterocycles. The van der Waals surface area contributed by atoms with Crippen molar-refractivity contribution < 1.29 is 19.1 Å². The van der Waals surface area contributed by atoms with E-state index >= 15 is 0 Å². The highest BCUT2D eigenvalue weighted by Crippen LogP contribution is 2.25. The van der Waals surface area contributed by atoms with Crippen molar-refractivity contribution in [3.8, 4) is 0 Å². The van der Waals surface area contributed by atoms with Crippen molar-refractivity contribution in [1.82, 2.24) is 4.90 Å². The highest BCUT2D eigenvalue weighted by atomic mass is 35.5. The van der Waals surface area contributed by atoms with Crippen LogP contribution in [0.15, 0.2) is 12.2 Å².